The minimum Gasteiger partial charge on any atom is -0.326 e. The van der Waals surface area contributed by atoms with Gasteiger partial charge in [-0.1, -0.05) is 43.7 Å². The molecule has 1 heterocycles. The maximum Gasteiger partial charge on any atom is 0.329 e. The number of hydrogen-bond donors (Lipinski definition) is 2. The predicted molar refractivity (Wildman–Crippen MR) is 76.0 cm³/mol. The molecule has 0 spiro atoms. The van der Waals surface area contributed by atoms with Crippen molar-refractivity contribution in [2.24, 2.45) is 0 Å². The molecule has 5 nitrogen and oxygen atoms in total. The van der Waals surface area contributed by atoms with Gasteiger partial charge < -0.3 is 10.2 Å². The molecule has 2 N–H and O–H groups in total. The molecule has 1 aliphatic rings. The molecule has 0 aromatic heterocycles. The first kappa shape index (κ1) is 14.5. The van der Waals surface area contributed by atoms with Gasteiger partial charge in [-0.3, -0.25) is 4.79 Å². The number of imide groups is 1. The molecule has 2 atom stereocenters. The van der Waals surface area contributed by atoms with Crippen LogP contribution in [0.3, 0.4) is 0 Å². The fourth-order valence-corrected chi connectivity index (χ4v) is 2.48. The van der Waals surface area contributed by atoms with E-state index in [1.54, 1.807) is 0 Å². The molecule has 0 radical (unpaired) electrons. The van der Waals surface area contributed by atoms with Crippen molar-refractivity contribution in [1.82, 2.24) is 10.2 Å². The summed E-state index contributed by atoms with van der Waals surface area (Å²) in [5.41, 5.74) is 1.20. The maximum atomic E-state index is 12.1. The number of urea groups is 1. The van der Waals surface area contributed by atoms with Crippen molar-refractivity contribution in [3.63, 3.8) is 0 Å². The van der Waals surface area contributed by atoms with Crippen LogP contribution in [-0.4, -0.2) is 36.6 Å². The molecule has 0 aliphatic carbocycles. The van der Waals surface area contributed by atoms with Crippen molar-refractivity contribution in [2.75, 3.05) is 13.7 Å². The number of quaternary nitrogens is 1. The van der Waals surface area contributed by atoms with E-state index in [1.807, 2.05) is 32.2 Å². The summed E-state index contributed by atoms with van der Waals surface area (Å²) < 4.78 is 0. The first-order valence-electron chi connectivity index (χ1n) is 7.09. The standard InChI is InChI=1S/C15H21N3O2/c1-3-7-13-14(19)18(15(20)16-13)11-17(2)10-12-8-5-4-6-9-12/h4-6,8-9,13H,3,7,10-11H2,1-2H3,(H,16,20)/p+1/t13-/m0/s1. The summed E-state index contributed by atoms with van der Waals surface area (Å²) in [6, 6.07) is 9.47. The van der Waals surface area contributed by atoms with Gasteiger partial charge in [-0.25, -0.2) is 9.69 Å². The van der Waals surface area contributed by atoms with Crippen LogP contribution in [0, 0.1) is 0 Å². The molecule has 0 bridgehead atoms. The van der Waals surface area contributed by atoms with E-state index in [0.717, 1.165) is 17.9 Å². The fraction of sp³-hybridized carbons (Fsp3) is 0.467. The lowest BCUT2D eigenvalue weighted by Gasteiger charge is -2.19. The van der Waals surface area contributed by atoms with E-state index in [-0.39, 0.29) is 18.0 Å². The van der Waals surface area contributed by atoms with Crippen LogP contribution in [0.5, 0.6) is 0 Å². The van der Waals surface area contributed by atoms with Crippen molar-refractivity contribution in [2.45, 2.75) is 32.4 Å². The zero-order chi connectivity index (χ0) is 14.5. The SMILES string of the molecule is CCC[C@@H]1NC(=O)N(C[NH+](C)Cc2ccccc2)C1=O. The summed E-state index contributed by atoms with van der Waals surface area (Å²) in [7, 11) is 1.99. The highest BCUT2D eigenvalue weighted by atomic mass is 16.2. The van der Waals surface area contributed by atoms with Crippen LogP contribution in [0.1, 0.15) is 25.3 Å². The van der Waals surface area contributed by atoms with Gasteiger partial charge in [0.1, 0.15) is 12.6 Å². The zero-order valence-electron chi connectivity index (χ0n) is 12.1. The number of carbonyl (C=O) groups excluding carboxylic acids is 2. The number of nitrogens with zero attached hydrogens (tertiary/aromatic N) is 1. The van der Waals surface area contributed by atoms with Crippen LogP contribution in [0.4, 0.5) is 4.79 Å². The third-order valence-electron chi connectivity index (χ3n) is 3.46. The van der Waals surface area contributed by atoms with Crippen molar-refractivity contribution in [3.05, 3.63) is 35.9 Å². The Bertz CT molecular complexity index is 475. The molecule has 0 saturated carbocycles. The Morgan fingerprint density at radius 2 is 1.95 bits per heavy atom. The van der Waals surface area contributed by atoms with Crippen LogP contribution in [0.15, 0.2) is 30.3 Å². The summed E-state index contributed by atoms with van der Waals surface area (Å²) in [5.74, 6) is -0.0933. The van der Waals surface area contributed by atoms with E-state index in [1.165, 1.54) is 10.5 Å². The first-order valence-corrected chi connectivity index (χ1v) is 7.09. The van der Waals surface area contributed by atoms with E-state index in [0.29, 0.717) is 13.1 Å². The molecule has 1 aromatic carbocycles. The van der Waals surface area contributed by atoms with Crippen molar-refractivity contribution < 1.29 is 14.5 Å². The number of amides is 3. The van der Waals surface area contributed by atoms with Gasteiger partial charge in [0.2, 0.25) is 0 Å². The molecule has 5 heteroatoms. The number of rotatable bonds is 6. The highest BCUT2D eigenvalue weighted by Crippen LogP contribution is 2.09. The van der Waals surface area contributed by atoms with Crippen molar-refractivity contribution in [1.29, 1.82) is 0 Å². The van der Waals surface area contributed by atoms with Crippen LogP contribution in [0.2, 0.25) is 0 Å². The Morgan fingerprint density at radius 3 is 2.60 bits per heavy atom. The second-order valence-electron chi connectivity index (χ2n) is 5.33. The highest BCUT2D eigenvalue weighted by Gasteiger charge is 2.38. The Morgan fingerprint density at radius 1 is 1.25 bits per heavy atom. The van der Waals surface area contributed by atoms with Gasteiger partial charge >= 0.3 is 6.03 Å². The van der Waals surface area contributed by atoms with Gasteiger partial charge in [0, 0.05) is 5.56 Å². The lowest BCUT2D eigenvalue weighted by Crippen LogP contribution is -3.09. The van der Waals surface area contributed by atoms with Gasteiger partial charge in [-0.15, -0.1) is 0 Å². The average molecular weight is 276 g/mol. The quantitative estimate of drug-likeness (QED) is 0.738. The smallest absolute Gasteiger partial charge is 0.326 e. The molecule has 1 aromatic rings. The van der Waals surface area contributed by atoms with Gasteiger partial charge in [0.25, 0.3) is 5.91 Å². The van der Waals surface area contributed by atoms with Crippen molar-refractivity contribution in [3.8, 4) is 0 Å². The van der Waals surface area contributed by atoms with E-state index < -0.39 is 0 Å². The van der Waals surface area contributed by atoms with E-state index in [4.69, 9.17) is 0 Å². The minimum absolute atomic E-state index is 0.0933. The normalized spacial score (nSPS) is 20.1. The Hall–Kier alpha value is -1.88. The van der Waals surface area contributed by atoms with Crippen LogP contribution in [0.25, 0.3) is 0 Å². The van der Waals surface area contributed by atoms with Gasteiger partial charge in [0.05, 0.1) is 7.05 Å². The second kappa shape index (κ2) is 6.52. The summed E-state index contributed by atoms with van der Waals surface area (Å²) in [6.45, 7) is 3.20. The Kier molecular flexibility index (Phi) is 4.74. The monoisotopic (exact) mass is 276 g/mol. The molecular formula is C15H22N3O2+. The van der Waals surface area contributed by atoms with E-state index in [9.17, 15) is 9.59 Å². The molecule has 20 heavy (non-hydrogen) atoms. The minimum atomic E-state index is -0.336. The average Bonchev–Trinajstić information content (AvgIpc) is 2.68. The largest absolute Gasteiger partial charge is 0.329 e. The summed E-state index contributed by atoms with van der Waals surface area (Å²) in [4.78, 5) is 26.4. The molecule has 108 valence electrons. The highest BCUT2D eigenvalue weighted by molar-refractivity contribution is 6.03. The van der Waals surface area contributed by atoms with Gasteiger partial charge in [-0.2, -0.15) is 0 Å². The summed E-state index contributed by atoms with van der Waals surface area (Å²) in [6.07, 6.45) is 1.59. The molecular weight excluding hydrogens is 254 g/mol. The lowest BCUT2D eigenvalue weighted by molar-refractivity contribution is -0.901. The Labute approximate surface area is 119 Å². The molecule has 1 unspecified atom stereocenters. The third kappa shape index (κ3) is 3.36. The molecule has 1 saturated heterocycles. The predicted octanol–water partition coefficient (Wildman–Crippen LogP) is 0.379. The molecule has 1 fully saturated rings. The van der Waals surface area contributed by atoms with Crippen molar-refractivity contribution >= 4 is 11.9 Å². The number of carbonyl (C=O) groups is 2. The number of benzene rings is 1. The lowest BCUT2D eigenvalue weighted by atomic mass is 10.2. The third-order valence-corrected chi connectivity index (χ3v) is 3.46. The van der Waals surface area contributed by atoms with Crippen LogP contribution < -0.4 is 10.2 Å². The molecule has 3 amide bonds. The van der Waals surface area contributed by atoms with Gasteiger partial charge in [-0.05, 0) is 6.42 Å². The fourth-order valence-electron chi connectivity index (χ4n) is 2.48. The topological polar surface area (TPSA) is 53.9 Å². The molecule has 2 rings (SSSR count). The number of nitrogens with one attached hydrogen (secondary N) is 2. The number of hydrogen-bond acceptors (Lipinski definition) is 2. The van der Waals surface area contributed by atoms with Crippen LogP contribution >= 0.6 is 0 Å². The molecule has 1 aliphatic heterocycles. The summed E-state index contributed by atoms with van der Waals surface area (Å²) >= 11 is 0. The first-order chi connectivity index (χ1) is 9.61. The Balaban J connectivity index is 1.92. The van der Waals surface area contributed by atoms with E-state index >= 15 is 0 Å². The van der Waals surface area contributed by atoms with Gasteiger partial charge in [0.15, 0.2) is 6.67 Å². The zero-order valence-corrected chi connectivity index (χ0v) is 12.1. The van der Waals surface area contributed by atoms with Crippen LogP contribution in [-0.2, 0) is 11.3 Å². The van der Waals surface area contributed by atoms with E-state index in [2.05, 4.69) is 17.4 Å². The second-order valence-corrected chi connectivity index (χ2v) is 5.33. The summed E-state index contributed by atoms with van der Waals surface area (Å²) in [5, 5.41) is 2.75. The maximum absolute atomic E-state index is 12.1.